The molecule has 0 aromatic carbocycles. The summed E-state index contributed by atoms with van der Waals surface area (Å²) in [6, 6.07) is 1.68. The molecule has 0 aliphatic heterocycles. The molecule has 0 bridgehead atoms. The van der Waals surface area contributed by atoms with Crippen LogP contribution in [0.1, 0.15) is 59.1 Å². The van der Waals surface area contributed by atoms with E-state index >= 15 is 0 Å². The lowest BCUT2D eigenvalue weighted by Gasteiger charge is -2.29. The Hall–Kier alpha value is -1.89. The summed E-state index contributed by atoms with van der Waals surface area (Å²) in [4.78, 5) is 28.9. The van der Waals surface area contributed by atoms with Crippen LogP contribution in [0.5, 0.6) is 0 Å². The second-order valence-electron chi connectivity index (χ2n) is 6.66. The number of hydrogen-bond acceptors (Lipinski definition) is 5. The Balaban J connectivity index is 2.62. The van der Waals surface area contributed by atoms with Crippen molar-refractivity contribution in [2.75, 3.05) is 31.5 Å². The van der Waals surface area contributed by atoms with Crippen molar-refractivity contribution in [1.82, 2.24) is 15.0 Å². The maximum absolute atomic E-state index is 12.5. The highest BCUT2D eigenvalue weighted by molar-refractivity contribution is 5.93. The van der Waals surface area contributed by atoms with Gasteiger partial charge in [-0.1, -0.05) is 25.9 Å². The van der Waals surface area contributed by atoms with Crippen LogP contribution in [0.25, 0.3) is 0 Å². The molecule has 0 radical (unpaired) electrons. The van der Waals surface area contributed by atoms with Crippen LogP contribution in [0.2, 0.25) is 0 Å². The first-order valence-electron chi connectivity index (χ1n) is 9.66. The Kier molecular flexibility index (Phi) is 9.95. The maximum atomic E-state index is 12.5. The van der Waals surface area contributed by atoms with Crippen LogP contribution in [-0.2, 0) is 9.59 Å². The summed E-state index contributed by atoms with van der Waals surface area (Å²) >= 11 is 0. The summed E-state index contributed by atoms with van der Waals surface area (Å²) in [7, 11) is 0. The minimum absolute atomic E-state index is 0.0225. The molecule has 2 amide bonds. The Morgan fingerprint density at radius 2 is 1.96 bits per heavy atom. The molecule has 1 heterocycles. The minimum atomic E-state index is -0.252. The van der Waals surface area contributed by atoms with Crippen LogP contribution in [-0.4, -0.2) is 59.0 Å². The number of nitrogens with one attached hydrogen (secondary N) is 1. The summed E-state index contributed by atoms with van der Waals surface area (Å²) in [6.07, 6.45) is 3.10. The van der Waals surface area contributed by atoms with Gasteiger partial charge in [0.1, 0.15) is 12.3 Å². The zero-order valence-electron chi connectivity index (χ0n) is 16.9. The fraction of sp³-hybridized carbons (Fsp3) is 0.737. The third-order valence-corrected chi connectivity index (χ3v) is 4.52. The molecule has 0 fully saturated rings. The van der Waals surface area contributed by atoms with Gasteiger partial charge < -0.3 is 19.6 Å². The molecule has 7 nitrogen and oxygen atoms in total. The summed E-state index contributed by atoms with van der Waals surface area (Å²) in [5.74, 6) is 0.779. The third kappa shape index (κ3) is 7.56. The molecule has 26 heavy (non-hydrogen) atoms. The van der Waals surface area contributed by atoms with E-state index in [1.165, 1.54) is 0 Å². The number of carbonyl (C=O) groups excluding carboxylic acids is 2. The predicted octanol–water partition coefficient (Wildman–Crippen LogP) is 3.06. The Morgan fingerprint density at radius 1 is 1.27 bits per heavy atom. The molecule has 1 atom stereocenters. The maximum Gasteiger partial charge on any atom is 0.245 e. The highest BCUT2D eigenvalue weighted by Crippen LogP contribution is 2.12. The van der Waals surface area contributed by atoms with E-state index in [1.807, 2.05) is 13.8 Å². The zero-order chi connectivity index (χ0) is 19.5. The Labute approximate surface area is 157 Å². The molecule has 0 spiro atoms. The second-order valence-corrected chi connectivity index (χ2v) is 6.66. The minimum Gasteiger partial charge on any atom is -0.360 e. The molecule has 1 aromatic rings. The van der Waals surface area contributed by atoms with Crippen molar-refractivity contribution in [3.8, 4) is 0 Å². The molecule has 148 valence electrons. The molecule has 0 aliphatic carbocycles. The van der Waals surface area contributed by atoms with Gasteiger partial charge in [-0.05, 0) is 52.7 Å². The van der Waals surface area contributed by atoms with Gasteiger partial charge in [-0.15, -0.1) is 0 Å². The number of rotatable bonds is 12. The Bertz CT molecular complexity index is 555. The van der Waals surface area contributed by atoms with Gasteiger partial charge in [0, 0.05) is 18.5 Å². The normalized spacial score (nSPS) is 12.2. The number of aromatic nitrogens is 1. The standard InChI is InChI=1S/C19H34N4O3/c1-6-10-19(25)23(15(4)11-9-12-22(7-2)8-3)14-18(24)20-17-13-16(5)26-21-17/h13,15H,6-12,14H2,1-5H3,(H,20,21,24). The van der Waals surface area contributed by atoms with E-state index in [-0.39, 0.29) is 24.4 Å². The predicted molar refractivity (Wildman–Crippen MR) is 103 cm³/mol. The van der Waals surface area contributed by atoms with E-state index in [1.54, 1.807) is 17.9 Å². The highest BCUT2D eigenvalue weighted by Gasteiger charge is 2.22. The second kappa shape index (κ2) is 11.7. The van der Waals surface area contributed by atoms with Gasteiger partial charge in [0.15, 0.2) is 5.82 Å². The van der Waals surface area contributed by atoms with Gasteiger partial charge in [0.2, 0.25) is 11.8 Å². The number of amides is 2. The number of anilines is 1. The smallest absolute Gasteiger partial charge is 0.245 e. The first-order valence-corrected chi connectivity index (χ1v) is 9.66. The van der Waals surface area contributed by atoms with Crippen LogP contribution < -0.4 is 5.32 Å². The van der Waals surface area contributed by atoms with Crippen molar-refractivity contribution in [2.24, 2.45) is 0 Å². The van der Waals surface area contributed by atoms with E-state index in [9.17, 15) is 9.59 Å². The number of hydrogen-bond donors (Lipinski definition) is 1. The lowest BCUT2D eigenvalue weighted by molar-refractivity contribution is -0.137. The molecule has 7 heteroatoms. The molecule has 1 unspecified atom stereocenters. The number of aryl methyl sites for hydroxylation is 1. The molecule has 0 aliphatic rings. The van der Waals surface area contributed by atoms with Crippen molar-refractivity contribution in [2.45, 2.75) is 66.3 Å². The molecule has 1 rings (SSSR count). The van der Waals surface area contributed by atoms with Crippen LogP contribution in [0.15, 0.2) is 10.6 Å². The van der Waals surface area contributed by atoms with Gasteiger partial charge in [-0.25, -0.2) is 0 Å². The van der Waals surface area contributed by atoms with E-state index in [2.05, 4.69) is 29.2 Å². The molecule has 0 saturated carbocycles. The van der Waals surface area contributed by atoms with Gasteiger partial charge in [-0.3, -0.25) is 9.59 Å². The van der Waals surface area contributed by atoms with Crippen LogP contribution in [0.4, 0.5) is 5.82 Å². The van der Waals surface area contributed by atoms with E-state index in [4.69, 9.17) is 4.52 Å². The Morgan fingerprint density at radius 3 is 2.50 bits per heavy atom. The molecular formula is C19H34N4O3. The zero-order valence-corrected chi connectivity index (χ0v) is 16.9. The fourth-order valence-corrected chi connectivity index (χ4v) is 2.92. The van der Waals surface area contributed by atoms with Crippen LogP contribution >= 0.6 is 0 Å². The summed E-state index contributed by atoms with van der Waals surface area (Å²) < 4.78 is 4.95. The lowest BCUT2D eigenvalue weighted by atomic mass is 10.1. The van der Waals surface area contributed by atoms with Gasteiger partial charge in [0.05, 0.1) is 0 Å². The monoisotopic (exact) mass is 366 g/mol. The third-order valence-electron chi connectivity index (χ3n) is 4.52. The van der Waals surface area contributed by atoms with E-state index < -0.39 is 0 Å². The molecule has 1 aromatic heterocycles. The van der Waals surface area contributed by atoms with Gasteiger partial charge in [0.25, 0.3) is 0 Å². The van der Waals surface area contributed by atoms with E-state index in [0.29, 0.717) is 18.0 Å². The average molecular weight is 367 g/mol. The molecule has 1 N–H and O–H groups in total. The van der Waals surface area contributed by atoms with Crippen molar-refractivity contribution in [3.05, 3.63) is 11.8 Å². The van der Waals surface area contributed by atoms with Crippen molar-refractivity contribution in [3.63, 3.8) is 0 Å². The summed E-state index contributed by atoms with van der Waals surface area (Å²) in [5, 5.41) is 6.45. The highest BCUT2D eigenvalue weighted by atomic mass is 16.5. The van der Waals surface area contributed by atoms with Crippen LogP contribution in [0, 0.1) is 6.92 Å². The van der Waals surface area contributed by atoms with E-state index in [0.717, 1.165) is 38.9 Å². The number of carbonyl (C=O) groups is 2. The van der Waals surface area contributed by atoms with Crippen LogP contribution in [0.3, 0.4) is 0 Å². The topological polar surface area (TPSA) is 78.7 Å². The summed E-state index contributed by atoms with van der Waals surface area (Å²) in [5.41, 5.74) is 0. The SMILES string of the molecule is CCCC(=O)N(CC(=O)Nc1cc(C)on1)C(C)CCCN(CC)CC. The molecule has 0 saturated heterocycles. The first-order chi connectivity index (χ1) is 12.4. The lowest BCUT2D eigenvalue weighted by Crippen LogP contribution is -2.43. The van der Waals surface area contributed by atoms with Gasteiger partial charge in [-0.2, -0.15) is 0 Å². The fourth-order valence-electron chi connectivity index (χ4n) is 2.92. The first kappa shape index (κ1) is 22.2. The van der Waals surface area contributed by atoms with Crippen molar-refractivity contribution in [1.29, 1.82) is 0 Å². The average Bonchev–Trinajstić information content (AvgIpc) is 3.01. The summed E-state index contributed by atoms with van der Waals surface area (Å²) in [6.45, 7) is 13.2. The molecular weight excluding hydrogens is 332 g/mol. The largest absolute Gasteiger partial charge is 0.360 e. The quantitative estimate of drug-likeness (QED) is 0.615. The van der Waals surface area contributed by atoms with Crippen molar-refractivity contribution < 1.29 is 14.1 Å². The number of nitrogens with zero attached hydrogens (tertiary/aromatic N) is 3. The van der Waals surface area contributed by atoms with Gasteiger partial charge >= 0.3 is 0 Å². The van der Waals surface area contributed by atoms with Crippen molar-refractivity contribution >= 4 is 17.6 Å².